The maximum Gasteiger partial charge on any atom is 0.330 e. The van der Waals surface area contributed by atoms with Crippen molar-refractivity contribution in [2.24, 2.45) is 0 Å². The van der Waals surface area contributed by atoms with Gasteiger partial charge >= 0.3 is 5.69 Å². The smallest absolute Gasteiger partial charge is 0.330 e. The van der Waals surface area contributed by atoms with E-state index in [1.54, 1.807) is 0 Å². The van der Waals surface area contributed by atoms with E-state index < -0.39 is 42.6 Å². The van der Waals surface area contributed by atoms with Crippen molar-refractivity contribution in [3.8, 4) is 0 Å². The number of H-pyrrole nitrogens is 1. The number of aromatic amines is 1. The molecule has 1 aromatic heterocycles. The highest BCUT2D eigenvalue weighted by Gasteiger charge is 2.59. The number of nitrogens with one attached hydrogen (secondary N) is 1. The predicted octanol–water partition coefficient (Wildman–Crippen LogP) is -1.38. The normalized spacial score (nSPS) is 36.8. The van der Waals surface area contributed by atoms with Crippen molar-refractivity contribution in [3.05, 3.63) is 33.1 Å². The number of phosphoric acid groups is 1. The van der Waals surface area contributed by atoms with E-state index in [9.17, 15) is 24.2 Å². The van der Waals surface area contributed by atoms with E-state index >= 15 is 0 Å². The minimum Gasteiger partial charge on any atom is -0.756 e. The van der Waals surface area contributed by atoms with E-state index in [4.69, 9.17) is 9.63 Å². The van der Waals surface area contributed by atoms with Gasteiger partial charge in [-0.3, -0.25) is 18.9 Å². The van der Waals surface area contributed by atoms with Crippen LogP contribution in [-0.2, 0) is 19.6 Å². The predicted molar refractivity (Wildman–Crippen MR) is 75.5 cm³/mol. The lowest BCUT2D eigenvalue weighted by molar-refractivity contribution is -0.233. The molecule has 0 aromatic carbocycles. The number of aromatic nitrogens is 2. The molecule has 0 spiro atoms. The molecule has 23 heavy (non-hydrogen) atoms. The van der Waals surface area contributed by atoms with Crippen LogP contribution in [0.4, 0.5) is 0 Å². The average molecular weight is 349 g/mol. The third kappa shape index (κ3) is 3.47. The summed E-state index contributed by atoms with van der Waals surface area (Å²) in [6, 6.07) is 1.12. The molecule has 2 heterocycles. The number of hydrogen-bond donors (Lipinski definition) is 3. The summed E-state index contributed by atoms with van der Waals surface area (Å²) in [5, 5.41) is 10.6. The minimum absolute atomic E-state index is 0.0829. The van der Waals surface area contributed by atoms with Gasteiger partial charge in [0.25, 0.3) is 13.4 Å². The molecular formula is C12H18N2O8P-. The Balaban J connectivity index is 2.39. The zero-order chi connectivity index (χ0) is 17.7. The van der Waals surface area contributed by atoms with E-state index in [-0.39, 0.29) is 6.42 Å². The maximum atomic E-state index is 12.0. The summed E-state index contributed by atoms with van der Waals surface area (Å²) in [5.41, 5.74) is -5.78. The van der Waals surface area contributed by atoms with Gasteiger partial charge in [0.15, 0.2) is 0 Å². The van der Waals surface area contributed by atoms with Crippen molar-refractivity contribution in [2.75, 3.05) is 6.61 Å². The zero-order valence-electron chi connectivity index (χ0n) is 12.8. The Morgan fingerprint density at radius 1 is 1.48 bits per heavy atom. The van der Waals surface area contributed by atoms with Crippen LogP contribution in [0.3, 0.4) is 0 Å². The number of aliphatic hydroxyl groups is 1. The Kier molecular flexibility index (Phi) is 4.21. The van der Waals surface area contributed by atoms with Crippen molar-refractivity contribution < 1.29 is 28.7 Å². The van der Waals surface area contributed by atoms with Gasteiger partial charge in [-0.15, -0.1) is 0 Å². The van der Waals surface area contributed by atoms with E-state index in [1.165, 1.54) is 27.0 Å². The molecule has 130 valence electrons. The largest absolute Gasteiger partial charge is 0.756 e. The summed E-state index contributed by atoms with van der Waals surface area (Å²) in [5.74, 6) is 0. The van der Waals surface area contributed by atoms with Crippen LogP contribution >= 0.6 is 7.82 Å². The van der Waals surface area contributed by atoms with Crippen molar-refractivity contribution in [3.63, 3.8) is 0 Å². The molecule has 0 saturated carbocycles. The zero-order valence-corrected chi connectivity index (χ0v) is 13.7. The fourth-order valence-electron chi connectivity index (χ4n) is 2.77. The summed E-state index contributed by atoms with van der Waals surface area (Å²) in [6.07, 6.45) is 1.13. The van der Waals surface area contributed by atoms with E-state index in [1.807, 2.05) is 0 Å². The molecule has 4 unspecified atom stereocenters. The Morgan fingerprint density at radius 3 is 2.61 bits per heavy atom. The number of nitrogens with zero attached hydrogens (tertiary/aromatic N) is 1. The summed E-state index contributed by atoms with van der Waals surface area (Å²) in [6.45, 7) is 3.64. The maximum absolute atomic E-state index is 12.0. The molecule has 10 nitrogen and oxygen atoms in total. The van der Waals surface area contributed by atoms with E-state index in [2.05, 4.69) is 9.51 Å². The van der Waals surface area contributed by atoms with Gasteiger partial charge in [-0.05, 0) is 20.8 Å². The molecular weight excluding hydrogens is 331 g/mol. The minimum atomic E-state index is -5.00. The van der Waals surface area contributed by atoms with Gasteiger partial charge in [0.2, 0.25) is 0 Å². The molecule has 4 atom stereocenters. The fraction of sp³-hybridized carbons (Fsp3) is 0.667. The Bertz CT molecular complexity index is 765. The third-order valence-corrected chi connectivity index (χ3v) is 4.55. The Morgan fingerprint density at radius 2 is 2.09 bits per heavy atom. The summed E-state index contributed by atoms with van der Waals surface area (Å²) in [7, 11) is -5.00. The van der Waals surface area contributed by atoms with Crippen molar-refractivity contribution in [1.29, 1.82) is 0 Å². The highest BCUT2D eigenvalue weighted by Crippen LogP contribution is 2.48. The van der Waals surface area contributed by atoms with Crippen LogP contribution in [-0.4, -0.2) is 37.4 Å². The molecule has 0 amide bonds. The van der Waals surface area contributed by atoms with Crippen LogP contribution in [0.15, 0.2) is 21.9 Å². The highest BCUT2D eigenvalue weighted by molar-refractivity contribution is 7.44. The average Bonchev–Trinajstić information content (AvgIpc) is 2.52. The number of ether oxygens (including phenoxy) is 1. The summed E-state index contributed by atoms with van der Waals surface area (Å²) in [4.78, 5) is 44.7. The first-order valence-corrected chi connectivity index (χ1v) is 8.21. The SMILES string of the molecule is CC1(n2ccc(=O)[nH]c2=O)CC(C)(O)C(C)(COP(=O)([O-])O)O1. The lowest BCUT2D eigenvalue weighted by Crippen LogP contribution is -2.50. The van der Waals surface area contributed by atoms with Gasteiger partial charge in [-0.25, -0.2) is 4.79 Å². The standard InChI is InChI=1S/C12H19N2O8P/c1-10(17)6-12(3,14-5-4-8(15)13-9(14)16)22-11(10,2)7-21-23(18,19)20/h4-5,17H,6-7H2,1-3H3,(H,13,15,16)(H2,18,19,20)/p-1. The van der Waals surface area contributed by atoms with Gasteiger partial charge in [-0.1, -0.05) is 0 Å². The van der Waals surface area contributed by atoms with Gasteiger partial charge in [0.05, 0.1) is 12.2 Å². The van der Waals surface area contributed by atoms with Crippen LogP contribution in [0, 0.1) is 0 Å². The molecule has 0 aliphatic carbocycles. The first-order chi connectivity index (χ1) is 10.3. The van der Waals surface area contributed by atoms with E-state index in [0.29, 0.717) is 0 Å². The van der Waals surface area contributed by atoms with Gasteiger partial charge in [0.1, 0.15) is 11.3 Å². The fourth-order valence-corrected chi connectivity index (χ4v) is 3.18. The summed E-state index contributed by atoms with van der Waals surface area (Å²) >= 11 is 0. The quantitative estimate of drug-likeness (QED) is 0.562. The second-order valence-electron chi connectivity index (χ2n) is 6.18. The number of hydrogen-bond acceptors (Lipinski definition) is 7. The number of phosphoric ester groups is 1. The van der Waals surface area contributed by atoms with Gasteiger partial charge in [-0.2, -0.15) is 0 Å². The number of rotatable bonds is 4. The monoisotopic (exact) mass is 349 g/mol. The molecule has 1 aliphatic heterocycles. The van der Waals surface area contributed by atoms with Gasteiger partial charge in [0, 0.05) is 18.7 Å². The first kappa shape index (κ1) is 18.1. The Hall–Kier alpha value is -1.29. The summed E-state index contributed by atoms with van der Waals surface area (Å²) < 4.78 is 22.0. The topological polar surface area (TPSA) is 154 Å². The molecule has 11 heteroatoms. The van der Waals surface area contributed by atoms with Crippen LogP contribution < -0.4 is 16.1 Å². The van der Waals surface area contributed by atoms with Crippen molar-refractivity contribution >= 4 is 7.82 Å². The van der Waals surface area contributed by atoms with Crippen LogP contribution in [0.1, 0.15) is 27.2 Å². The molecule has 1 aromatic rings. The first-order valence-electron chi connectivity index (χ1n) is 6.71. The van der Waals surface area contributed by atoms with Crippen LogP contribution in [0.5, 0.6) is 0 Å². The molecule has 3 N–H and O–H groups in total. The molecule has 1 fully saturated rings. The molecule has 1 aliphatic rings. The molecule has 0 radical (unpaired) electrons. The van der Waals surface area contributed by atoms with Gasteiger partial charge < -0.3 is 24.2 Å². The van der Waals surface area contributed by atoms with Crippen molar-refractivity contribution in [2.45, 2.75) is 44.1 Å². The lowest BCUT2D eigenvalue weighted by atomic mass is 9.85. The highest BCUT2D eigenvalue weighted by atomic mass is 31.2. The van der Waals surface area contributed by atoms with Crippen LogP contribution in [0.2, 0.25) is 0 Å². The molecule has 2 rings (SSSR count). The second kappa shape index (κ2) is 5.37. The van der Waals surface area contributed by atoms with Crippen LogP contribution in [0.25, 0.3) is 0 Å². The second-order valence-corrected chi connectivity index (χ2v) is 7.38. The Labute approximate surface area is 130 Å². The van der Waals surface area contributed by atoms with E-state index in [0.717, 1.165) is 10.6 Å². The lowest BCUT2D eigenvalue weighted by Gasteiger charge is -2.36. The third-order valence-electron chi connectivity index (χ3n) is 4.09. The van der Waals surface area contributed by atoms with Crippen molar-refractivity contribution in [1.82, 2.24) is 9.55 Å². The molecule has 0 bridgehead atoms. The molecule has 1 saturated heterocycles.